The number of nitrogens with one attached hydrogen (secondary N) is 2. The molecule has 4 atom stereocenters. The average Bonchev–Trinajstić information content (AvgIpc) is 3.12. The highest BCUT2D eigenvalue weighted by molar-refractivity contribution is 6.01. The van der Waals surface area contributed by atoms with Crippen LogP contribution in [0.4, 0.5) is 0 Å². The molecule has 0 fully saturated rings. The number of benzene rings is 4. The van der Waals surface area contributed by atoms with Crippen molar-refractivity contribution in [1.29, 1.82) is 5.41 Å². The molecule has 2 aliphatic carbocycles. The van der Waals surface area contributed by atoms with E-state index >= 15 is 0 Å². The van der Waals surface area contributed by atoms with E-state index in [1.807, 2.05) is 60.7 Å². The highest BCUT2D eigenvalue weighted by atomic mass is 16.5. The van der Waals surface area contributed by atoms with Gasteiger partial charge in [0, 0.05) is 28.7 Å². The van der Waals surface area contributed by atoms with E-state index in [0.29, 0.717) is 5.56 Å². The zero-order chi connectivity index (χ0) is 30.6. The van der Waals surface area contributed by atoms with Crippen LogP contribution in [0.1, 0.15) is 24.0 Å². The van der Waals surface area contributed by atoms with Crippen LogP contribution in [-0.2, 0) is 4.74 Å². The molecule has 0 amide bonds. The zero-order valence-electron chi connectivity index (χ0n) is 25.0. The van der Waals surface area contributed by atoms with E-state index in [1.165, 1.54) is 11.1 Å². The number of nitrogens with two attached hydrogens (primary N) is 1. The Morgan fingerprint density at radius 1 is 0.822 bits per heavy atom. The summed E-state index contributed by atoms with van der Waals surface area (Å²) in [5.41, 5.74) is 13.2. The average molecular weight is 589 g/mol. The third-order valence-corrected chi connectivity index (χ3v) is 8.72. The van der Waals surface area contributed by atoms with Crippen LogP contribution in [-0.4, -0.2) is 24.0 Å². The van der Waals surface area contributed by atoms with Crippen molar-refractivity contribution in [2.45, 2.75) is 25.1 Å². The number of rotatable bonds is 7. The van der Waals surface area contributed by atoms with E-state index in [9.17, 15) is 0 Å². The number of amidine groups is 1. The van der Waals surface area contributed by atoms with Gasteiger partial charge in [-0.25, -0.2) is 0 Å². The summed E-state index contributed by atoms with van der Waals surface area (Å²) in [6.45, 7) is 0. The van der Waals surface area contributed by atoms with E-state index in [0.717, 1.165) is 46.3 Å². The first-order valence-corrected chi connectivity index (χ1v) is 15.6. The molecule has 5 nitrogen and oxygen atoms in total. The summed E-state index contributed by atoms with van der Waals surface area (Å²) in [6, 6.07) is 32.9. The van der Waals surface area contributed by atoms with Crippen molar-refractivity contribution in [3.8, 4) is 11.1 Å². The van der Waals surface area contributed by atoms with Gasteiger partial charge in [0.2, 0.25) is 5.90 Å². The molecule has 0 aromatic heterocycles. The van der Waals surface area contributed by atoms with Gasteiger partial charge in [0.15, 0.2) is 6.23 Å². The second-order valence-electron chi connectivity index (χ2n) is 11.7. The predicted molar refractivity (Wildman–Crippen MR) is 185 cm³/mol. The van der Waals surface area contributed by atoms with Crippen molar-refractivity contribution in [3.63, 3.8) is 0 Å². The summed E-state index contributed by atoms with van der Waals surface area (Å²) in [4.78, 5) is 5.11. The smallest absolute Gasteiger partial charge is 0.214 e. The monoisotopic (exact) mass is 588 g/mol. The van der Waals surface area contributed by atoms with Gasteiger partial charge in [0.25, 0.3) is 0 Å². The van der Waals surface area contributed by atoms with Crippen molar-refractivity contribution in [2.75, 3.05) is 0 Å². The van der Waals surface area contributed by atoms with E-state index in [1.54, 1.807) is 0 Å². The number of aliphatic imine (C=N–C) groups is 1. The normalized spacial score (nSPS) is 21.4. The van der Waals surface area contributed by atoms with Gasteiger partial charge in [-0.05, 0) is 64.6 Å². The van der Waals surface area contributed by atoms with Gasteiger partial charge in [-0.3, -0.25) is 16.1 Å². The molecule has 5 heteroatoms. The van der Waals surface area contributed by atoms with Gasteiger partial charge >= 0.3 is 0 Å². The SMILES string of the molecule is N=C(OC(N)C1C=CC=CC1C1=CC(C2=CC=CCC2)N=C(c2ccccc2)N1)c1ccc2cc(-c3ccccc3)ccc2c1. The van der Waals surface area contributed by atoms with Crippen molar-refractivity contribution in [2.24, 2.45) is 22.6 Å². The fraction of sp³-hybridized carbons (Fsp3) is 0.150. The van der Waals surface area contributed by atoms with Gasteiger partial charge in [0.05, 0.1) is 6.04 Å². The summed E-state index contributed by atoms with van der Waals surface area (Å²) in [5, 5.41) is 14.6. The minimum absolute atomic E-state index is 0.0585. The highest BCUT2D eigenvalue weighted by Crippen LogP contribution is 2.33. The Labute approximate surface area is 264 Å². The molecule has 0 radical (unpaired) electrons. The molecule has 0 saturated heterocycles. The lowest BCUT2D eigenvalue weighted by atomic mass is 9.82. The van der Waals surface area contributed by atoms with Crippen molar-refractivity contribution < 1.29 is 4.74 Å². The molecule has 1 heterocycles. The molecule has 3 aliphatic rings. The first-order chi connectivity index (χ1) is 22.1. The van der Waals surface area contributed by atoms with E-state index in [-0.39, 0.29) is 23.8 Å². The number of hydrogen-bond acceptors (Lipinski definition) is 5. The second kappa shape index (κ2) is 12.8. The van der Waals surface area contributed by atoms with Gasteiger partial charge in [-0.1, -0.05) is 121 Å². The topological polar surface area (TPSA) is 83.5 Å². The van der Waals surface area contributed by atoms with Crippen LogP contribution in [0.25, 0.3) is 21.9 Å². The molecule has 4 unspecified atom stereocenters. The lowest BCUT2D eigenvalue weighted by molar-refractivity contribution is 0.133. The van der Waals surface area contributed by atoms with E-state index in [2.05, 4.69) is 90.3 Å². The predicted octanol–water partition coefficient (Wildman–Crippen LogP) is 8.07. The first-order valence-electron chi connectivity index (χ1n) is 15.6. The summed E-state index contributed by atoms with van der Waals surface area (Å²) in [6.07, 6.45) is 18.3. The summed E-state index contributed by atoms with van der Waals surface area (Å²) in [5.74, 6) is 0.665. The molecule has 0 bridgehead atoms. The highest BCUT2D eigenvalue weighted by Gasteiger charge is 2.33. The lowest BCUT2D eigenvalue weighted by Gasteiger charge is -2.34. The quantitative estimate of drug-likeness (QED) is 0.116. The molecule has 4 N–H and O–H groups in total. The molecule has 222 valence electrons. The zero-order valence-corrected chi connectivity index (χ0v) is 25.0. The number of ether oxygens (including phenoxy) is 1. The molecule has 0 saturated carbocycles. The van der Waals surface area contributed by atoms with Crippen LogP contribution >= 0.6 is 0 Å². The Bertz CT molecular complexity index is 1900. The summed E-state index contributed by atoms with van der Waals surface area (Å²) < 4.78 is 6.16. The molecule has 1 aliphatic heterocycles. The molecule has 4 aromatic carbocycles. The van der Waals surface area contributed by atoms with Crippen molar-refractivity contribution in [3.05, 3.63) is 168 Å². The van der Waals surface area contributed by atoms with E-state index < -0.39 is 6.23 Å². The van der Waals surface area contributed by atoms with Gasteiger partial charge in [-0.2, -0.15) is 0 Å². The Morgan fingerprint density at radius 3 is 2.33 bits per heavy atom. The first kappa shape index (κ1) is 28.5. The van der Waals surface area contributed by atoms with Crippen LogP contribution in [0, 0.1) is 17.2 Å². The number of hydrogen-bond donors (Lipinski definition) is 3. The number of allylic oxidation sites excluding steroid dienone is 6. The summed E-state index contributed by atoms with van der Waals surface area (Å²) in [7, 11) is 0. The lowest BCUT2D eigenvalue weighted by Crippen LogP contribution is -2.43. The molecule has 0 spiro atoms. The molecule has 7 rings (SSSR count). The maximum Gasteiger partial charge on any atom is 0.214 e. The maximum absolute atomic E-state index is 8.84. The maximum atomic E-state index is 8.84. The third-order valence-electron chi connectivity index (χ3n) is 8.72. The fourth-order valence-electron chi connectivity index (χ4n) is 6.28. The summed E-state index contributed by atoms with van der Waals surface area (Å²) >= 11 is 0. The minimum atomic E-state index is -0.725. The van der Waals surface area contributed by atoms with Gasteiger partial charge in [-0.15, -0.1) is 0 Å². The van der Waals surface area contributed by atoms with Crippen LogP contribution in [0.2, 0.25) is 0 Å². The largest absolute Gasteiger partial charge is 0.458 e. The van der Waals surface area contributed by atoms with Gasteiger partial charge in [0.1, 0.15) is 5.84 Å². The van der Waals surface area contributed by atoms with Crippen LogP contribution in [0.15, 0.2) is 162 Å². The molecule has 45 heavy (non-hydrogen) atoms. The Hall–Kier alpha value is -5.26. The molecular formula is C40H36N4O. The fourth-order valence-corrected chi connectivity index (χ4v) is 6.28. The standard InChI is InChI=1S/C40H36N4O/c41-38(33-23-22-31-24-30(20-21-32(31)25-33)27-12-4-1-5-13-27)45-39(42)35-19-11-10-18-34(35)37-26-36(28-14-6-2-7-15-28)43-40(44-37)29-16-8-3-9-17-29/h1-6,8-14,16-26,34-36,39,41H,7,15,42H2,(H,43,44). The molecule has 4 aromatic rings. The molecular weight excluding hydrogens is 552 g/mol. The van der Waals surface area contributed by atoms with Crippen LogP contribution in [0.5, 0.6) is 0 Å². The van der Waals surface area contributed by atoms with E-state index in [4.69, 9.17) is 20.9 Å². The van der Waals surface area contributed by atoms with Gasteiger partial charge < -0.3 is 10.1 Å². The minimum Gasteiger partial charge on any atom is -0.458 e. The Morgan fingerprint density at radius 2 is 1.56 bits per heavy atom. The third kappa shape index (κ3) is 6.21. The number of nitrogens with zero attached hydrogens (tertiary/aromatic N) is 1. The van der Waals surface area contributed by atoms with Crippen molar-refractivity contribution in [1.82, 2.24) is 5.32 Å². The van der Waals surface area contributed by atoms with Crippen LogP contribution < -0.4 is 11.1 Å². The Balaban J connectivity index is 1.11. The van der Waals surface area contributed by atoms with Crippen LogP contribution in [0.3, 0.4) is 0 Å². The second-order valence-corrected chi connectivity index (χ2v) is 11.7. The van der Waals surface area contributed by atoms with Crippen molar-refractivity contribution >= 4 is 22.5 Å². The number of fused-ring (bicyclic) bond motifs is 1. The Kier molecular flexibility index (Phi) is 8.09.